The van der Waals surface area contributed by atoms with E-state index >= 15 is 0 Å². The third kappa shape index (κ3) is 5.06. The number of nitrogens with zero attached hydrogens (tertiary/aromatic N) is 2. The quantitative estimate of drug-likeness (QED) is 0.788. The van der Waals surface area contributed by atoms with Gasteiger partial charge in [0.2, 0.25) is 5.88 Å². The summed E-state index contributed by atoms with van der Waals surface area (Å²) in [5.41, 5.74) is 0.0179. The van der Waals surface area contributed by atoms with Gasteiger partial charge in [0.05, 0.1) is 5.56 Å². The van der Waals surface area contributed by atoms with Gasteiger partial charge in [0, 0.05) is 11.8 Å². The summed E-state index contributed by atoms with van der Waals surface area (Å²) < 4.78 is 42.6. The second kappa shape index (κ2) is 7.06. The normalized spacial score (nSPS) is 10.6. The first-order valence-electron chi connectivity index (χ1n) is 6.52. The van der Waals surface area contributed by atoms with Gasteiger partial charge in [0.15, 0.2) is 0 Å². The van der Waals surface area contributed by atoms with Gasteiger partial charge in [-0.25, -0.2) is 4.98 Å². The molecule has 1 aromatic carbocycles. The molecule has 0 bridgehead atoms. The Kier molecular flexibility index (Phi) is 5.69. The SMILES string of the molecule is CC.Cc1cc(Oc2ccc(C(F)(F)F)cc2)nc(C)n1. The van der Waals surface area contributed by atoms with Gasteiger partial charge < -0.3 is 4.74 Å². The number of halogens is 3. The Bertz CT molecular complexity index is 560. The number of rotatable bonds is 2. The molecule has 0 saturated carbocycles. The first-order chi connectivity index (χ1) is 9.84. The fourth-order valence-corrected chi connectivity index (χ4v) is 1.57. The Morgan fingerprint density at radius 1 is 0.952 bits per heavy atom. The maximum Gasteiger partial charge on any atom is 0.416 e. The van der Waals surface area contributed by atoms with E-state index in [0.717, 1.165) is 17.8 Å². The van der Waals surface area contributed by atoms with E-state index in [1.54, 1.807) is 19.9 Å². The van der Waals surface area contributed by atoms with Gasteiger partial charge in [-0.15, -0.1) is 0 Å². The minimum atomic E-state index is -4.35. The lowest BCUT2D eigenvalue weighted by Gasteiger charge is -2.09. The van der Waals surface area contributed by atoms with Crippen LogP contribution in [0.5, 0.6) is 11.6 Å². The molecule has 114 valence electrons. The maximum atomic E-state index is 12.4. The van der Waals surface area contributed by atoms with E-state index in [1.807, 2.05) is 13.8 Å². The van der Waals surface area contributed by atoms with Crippen LogP contribution in [0, 0.1) is 13.8 Å². The van der Waals surface area contributed by atoms with Crippen LogP contribution in [0.25, 0.3) is 0 Å². The molecule has 3 nitrogen and oxygen atoms in total. The van der Waals surface area contributed by atoms with Crippen molar-refractivity contribution < 1.29 is 17.9 Å². The molecule has 0 aliphatic rings. The van der Waals surface area contributed by atoms with Crippen molar-refractivity contribution in [2.75, 3.05) is 0 Å². The lowest BCUT2D eigenvalue weighted by atomic mass is 10.2. The molecule has 0 atom stereocenters. The van der Waals surface area contributed by atoms with Crippen LogP contribution >= 0.6 is 0 Å². The molecule has 21 heavy (non-hydrogen) atoms. The van der Waals surface area contributed by atoms with E-state index < -0.39 is 11.7 Å². The van der Waals surface area contributed by atoms with E-state index in [2.05, 4.69) is 9.97 Å². The molecular formula is C15H17F3N2O. The van der Waals surface area contributed by atoms with E-state index in [-0.39, 0.29) is 0 Å². The molecule has 0 amide bonds. The van der Waals surface area contributed by atoms with E-state index in [9.17, 15) is 13.2 Å². The molecule has 0 N–H and O–H groups in total. The highest BCUT2D eigenvalue weighted by Crippen LogP contribution is 2.31. The van der Waals surface area contributed by atoms with Crippen molar-refractivity contribution in [1.29, 1.82) is 0 Å². The van der Waals surface area contributed by atoms with Gasteiger partial charge in [0.25, 0.3) is 0 Å². The van der Waals surface area contributed by atoms with E-state index in [1.165, 1.54) is 12.1 Å². The zero-order chi connectivity index (χ0) is 16.0. The summed E-state index contributed by atoms with van der Waals surface area (Å²) in [6, 6.07) is 6.07. The zero-order valence-electron chi connectivity index (χ0n) is 12.3. The minimum Gasteiger partial charge on any atom is -0.439 e. The van der Waals surface area contributed by atoms with E-state index in [0.29, 0.717) is 17.5 Å². The van der Waals surface area contributed by atoms with Crippen molar-refractivity contribution in [1.82, 2.24) is 9.97 Å². The van der Waals surface area contributed by atoms with Gasteiger partial charge in [-0.1, -0.05) is 13.8 Å². The highest BCUT2D eigenvalue weighted by molar-refractivity contribution is 5.32. The molecule has 0 fully saturated rings. The topological polar surface area (TPSA) is 35.0 Å². The Balaban J connectivity index is 0.00000106. The number of aromatic nitrogens is 2. The van der Waals surface area contributed by atoms with Gasteiger partial charge >= 0.3 is 6.18 Å². The second-order valence-electron chi connectivity index (χ2n) is 4.02. The van der Waals surface area contributed by atoms with Crippen LogP contribution < -0.4 is 4.74 Å². The van der Waals surface area contributed by atoms with Crippen molar-refractivity contribution in [3.05, 3.63) is 47.4 Å². The number of benzene rings is 1. The fraction of sp³-hybridized carbons (Fsp3) is 0.333. The summed E-state index contributed by atoms with van der Waals surface area (Å²) >= 11 is 0. The second-order valence-corrected chi connectivity index (χ2v) is 4.02. The molecule has 0 unspecified atom stereocenters. The first-order valence-corrected chi connectivity index (χ1v) is 6.52. The summed E-state index contributed by atoms with van der Waals surface area (Å²) in [5.74, 6) is 1.15. The Labute approximate surface area is 121 Å². The number of hydrogen-bond acceptors (Lipinski definition) is 3. The molecular weight excluding hydrogens is 281 g/mol. The number of alkyl halides is 3. The minimum absolute atomic E-state index is 0.297. The van der Waals surface area contributed by atoms with Crippen LogP contribution in [0.4, 0.5) is 13.2 Å². The molecule has 0 saturated heterocycles. The van der Waals surface area contributed by atoms with Gasteiger partial charge in [-0.3, -0.25) is 0 Å². The standard InChI is InChI=1S/C13H11F3N2O.C2H6/c1-8-7-12(18-9(2)17-8)19-11-5-3-10(4-6-11)13(14,15)16;1-2/h3-7H,1-2H3;1-2H3. The Morgan fingerprint density at radius 2 is 1.52 bits per heavy atom. The van der Waals surface area contributed by atoms with Crippen LogP contribution in [0.15, 0.2) is 30.3 Å². The monoisotopic (exact) mass is 298 g/mol. The van der Waals surface area contributed by atoms with Crippen LogP contribution in [0.1, 0.15) is 30.9 Å². The van der Waals surface area contributed by atoms with Gasteiger partial charge in [-0.2, -0.15) is 18.2 Å². The Morgan fingerprint density at radius 3 is 2.00 bits per heavy atom. The van der Waals surface area contributed by atoms with Gasteiger partial charge in [0.1, 0.15) is 11.6 Å². The summed E-state index contributed by atoms with van der Waals surface area (Å²) in [6.45, 7) is 7.50. The predicted octanol–water partition coefficient (Wildman–Crippen LogP) is 4.93. The molecule has 0 aliphatic heterocycles. The largest absolute Gasteiger partial charge is 0.439 e. The molecule has 0 radical (unpaired) electrons. The van der Waals surface area contributed by atoms with Crippen molar-refractivity contribution in [2.45, 2.75) is 33.9 Å². The third-order valence-corrected chi connectivity index (χ3v) is 2.35. The predicted molar refractivity (Wildman–Crippen MR) is 74.4 cm³/mol. The fourth-order valence-electron chi connectivity index (χ4n) is 1.57. The average Bonchev–Trinajstić information content (AvgIpc) is 2.39. The van der Waals surface area contributed by atoms with Crippen LogP contribution in [0.3, 0.4) is 0 Å². The van der Waals surface area contributed by atoms with Crippen molar-refractivity contribution >= 4 is 0 Å². The lowest BCUT2D eigenvalue weighted by molar-refractivity contribution is -0.137. The molecule has 0 aliphatic carbocycles. The average molecular weight is 298 g/mol. The van der Waals surface area contributed by atoms with Crippen molar-refractivity contribution in [2.24, 2.45) is 0 Å². The van der Waals surface area contributed by atoms with Crippen molar-refractivity contribution in [3.8, 4) is 11.6 Å². The molecule has 2 rings (SSSR count). The summed E-state index contributed by atoms with van der Waals surface area (Å²) in [5, 5.41) is 0. The molecule has 6 heteroatoms. The molecule has 2 aromatic rings. The van der Waals surface area contributed by atoms with Gasteiger partial charge in [-0.05, 0) is 38.1 Å². The first kappa shape index (κ1) is 16.9. The third-order valence-electron chi connectivity index (χ3n) is 2.35. The zero-order valence-corrected chi connectivity index (χ0v) is 12.3. The number of aryl methyl sites for hydroxylation is 2. The summed E-state index contributed by atoms with van der Waals surface area (Å²) in [7, 11) is 0. The Hall–Kier alpha value is -2.11. The molecule has 0 spiro atoms. The molecule has 1 heterocycles. The highest BCUT2D eigenvalue weighted by Gasteiger charge is 2.30. The van der Waals surface area contributed by atoms with Crippen LogP contribution in [-0.4, -0.2) is 9.97 Å². The smallest absolute Gasteiger partial charge is 0.416 e. The summed E-state index contributed by atoms with van der Waals surface area (Å²) in [4.78, 5) is 8.13. The molecule has 1 aromatic heterocycles. The highest BCUT2D eigenvalue weighted by atomic mass is 19.4. The number of hydrogen-bond donors (Lipinski definition) is 0. The van der Waals surface area contributed by atoms with Crippen molar-refractivity contribution in [3.63, 3.8) is 0 Å². The lowest BCUT2D eigenvalue weighted by Crippen LogP contribution is -2.04. The van der Waals surface area contributed by atoms with Crippen LogP contribution in [-0.2, 0) is 6.18 Å². The summed E-state index contributed by atoms with van der Waals surface area (Å²) in [6.07, 6.45) is -4.35. The maximum absolute atomic E-state index is 12.4. The van der Waals surface area contributed by atoms with Crippen LogP contribution in [0.2, 0.25) is 0 Å². The van der Waals surface area contributed by atoms with E-state index in [4.69, 9.17) is 4.74 Å². The number of ether oxygens (including phenoxy) is 1.